The summed E-state index contributed by atoms with van der Waals surface area (Å²) in [6, 6.07) is 6.54. The molecule has 0 spiro atoms. The van der Waals surface area contributed by atoms with Crippen LogP contribution in [0, 0.1) is 6.92 Å². The normalized spacial score (nSPS) is 13.7. The Morgan fingerprint density at radius 3 is 2.27 bits per heavy atom. The maximum atomic E-state index is 11.9. The Bertz CT molecular complexity index is 305. The molecular formula is C10H11F3O2. The molecule has 1 N–H and O–H groups in total. The molecule has 0 aliphatic heterocycles. The van der Waals surface area contributed by atoms with E-state index in [1.54, 1.807) is 24.3 Å². The summed E-state index contributed by atoms with van der Waals surface area (Å²) in [5.41, 5.74) is 0.985. The maximum Gasteiger partial charge on any atom is 0.417 e. The highest BCUT2D eigenvalue weighted by molar-refractivity contribution is 5.26. The molecule has 1 aromatic carbocycles. The van der Waals surface area contributed by atoms with Gasteiger partial charge in [-0.3, -0.25) is 0 Å². The summed E-state index contributed by atoms with van der Waals surface area (Å²) in [6.07, 6.45) is -7.08. The van der Waals surface area contributed by atoms with E-state index in [4.69, 9.17) is 9.84 Å². The number of ether oxygens (including phenoxy) is 1. The molecule has 0 saturated carbocycles. The number of alkyl halides is 3. The van der Waals surface area contributed by atoms with E-state index in [2.05, 4.69) is 0 Å². The first kappa shape index (κ1) is 11.8. The molecule has 84 valence electrons. The van der Waals surface area contributed by atoms with E-state index in [1.807, 2.05) is 6.92 Å². The third-order valence-corrected chi connectivity index (χ3v) is 1.81. The first-order chi connectivity index (χ1) is 6.89. The van der Waals surface area contributed by atoms with Gasteiger partial charge in [0.05, 0.1) is 0 Å². The number of rotatable bonds is 3. The van der Waals surface area contributed by atoms with E-state index in [1.165, 1.54) is 0 Å². The molecular weight excluding hydrogens is 209 g/mol. The van der Waals surface area contributed by atoms with Crippen molar-refractivity contribution in [3.63, 3.8) is 0 Å². The van der Waals surface area contributed by atoms with Crippen LogP contribution in [0.2, 0.25) is 0 Å². The van der Waals surface area contributed by atoms with Gasteiger partial charge in [0.25, 0.3) is 0 Å². The van der Waals surface area contributed by atoms with E-state index in [0.717, 1.165) is 5.56 Å². The third kappa shape index (κ3) is 3.79. The molecule has 1 atom stereocenters. The monoisotopic (exact) mass is 220 g/mol. The largest absolute Gasteiger partial charge is 0.491 e. The van der Waals surface area contributed by atoms with Crippen LogP contribution >= 0.6 is 0 Å². The van der Waals surface area contributed by atoms with Crippen LogP contribution < -0.4 is 4.74 Å². The van der Waals surface area contributed by atoms with E-state index in [9.17, 15) is 13.2 Å². The number of hydrogen-bond acceptors (Lipinski definition) is 2. The fourth-order valence-corrected chi connectivity index (χ4v) is 0.904. The fourth-order valence-electron chi connectivity index (χ4n) is 0.904. The van der Waals surface area contributed by atoms with Crippen molar-refractivity contribution < 1.29 is 23.0 Å². The summed E-state index contributed by atoms with van der Waals surface area (Å²) in [6.45, 7) is 1.07. The summed E-state index contributed by atoms with van der Waals surface area (Å²) >= 11 is 0. The van der Waals surface area contributed by atoms with Crippen LogP contribution in [-0.4, -0.2) is 24.0 Å². The Balaban J connectivity index is 2.47. The van der Waals surface area contributed by atoms with Gasteiger partial charge in [-0.05, 0) is 19.1 Å². The van der Waals surface area contributed by atoms with E-state index in [-0.39, 0.29) is 0 Å². The van der Waals surface area contributed by atoms with Crippen LogP contribution in [0.15, 0.2) is 24.3 Å². The molecule has 0 heterocycles. The Hall–Kier alpha value is -1.23. The molecule has 0 radical (unpaired) electrons. The number of aliphatic hydroxyl groups excluding tert-OH is 1. The molecule has 0 bridgehead atoms. The molecule has 0 saturated heterocycles. The summed E-state index contributed by atoms with van der Waals surface area (Å²) in [7, 11) is 0. The number of aliphatic hydroxyl groups is 1. The first-order valence-corrected chi connectivity index (χ1v) is 4.34. The minimum Gasteiger partial charge on any atom is -0.491 e. The van der Waals surface area contributed by atoms with Crippen LogP contribution in [0.3, 0.4) is 0 Å². The second kappa shape index (κ2) is 4.53. The average molecular weight is 220 g/mol. The molecule has 0 aliphatic rings. The predicted molar refractivity (Wildman–Crippen MR) is 48.7 cm³/mol. The molecule has 0 aromatic heterocycles. The zero-order valence-corrected chi connectivity index (χ0v) is 8.08. The minimum absolute atomic E-state index is 0.309. The van der Waals surface area contributed by atoms with Crippen LogP contribution in [0.4, 0.5) is 13.2 Å². The lowest BCUT2D eigenvalue weighted by molar-refractivity contribution is -0.210. The van der Waals surface area contributed by atoms with Gasteiger partial charge in [0, 0.05) is 0 Å². The third-order valence-electron chi connectivity index (χ3n) is 1.81. The van der Waals surface area contributed by atoms with Gasteiger partial charge in [0.15, 0.2) is 6.10 Å². The average Bonchev–Trinajstić information content (AvgIpc) is 2.15. The second-order valence-corrected chi connectivity index (χ2v) is 3.18. The lowest BCUT2D eigenvalue weighted by atomic mass is 10.2. The molecule has 0 amide bonds. The first-order valence-electron chi connectivity index (χ1n) is 4.34. The summed E-state index contributed by atoms with van der Waals surface area (Å²) in [5.74, 6) is 0.309. The smallest absolute Gasteiger partial charge is 0.417 e. The fraction of sp³-hybridized carbons (Fsp3) is 0.400. The Kier molecular flexibility index (Phi) is 3.57. The molecule has 1 rings (SSSR count). The van der Waals surface area contributed by atoms with Crippen molar-refractivity contribution in [2.75, 3.05) is 6.61 Å². The lowest BCUT2D eigenvalue weighted by Gasteiger charge is -2.15. The summed E-state index contributed by atoms with van der Waals surface area (Å²) in [4.78, 5) is 0. The Morgan fingerprint density at radius 2 is 1.80 bits per heavy atom. The van der Waals surface area contributed by atoms with Crippen molar-refractivity contribution in [3.8, 4) is 5.75 Å². The van der Waals surface area contributed by atoms with E-state index < -0.39 is 18.9 Å². The number of benzene rings is 1. The van der Waals surface area contributed by atoms with Crippen molar-refractivity contribution in [1.82, 2.24) is 0 Å². The van der Waals surface area contributed by atoms with Crippen LogP contribution in [0.1, 0.15) is 5.56 Å². The molecule has 1 aromatic rings. The topological polar surface area (TPSA) is 29.5 Å². The van der Waals surface area contributed by atoms with Crippen LogP contribution in [0.5, 0.6) is 5.75 Å². The quantitative estimate of drug-likeness (QED) is 0.846. The Labute approximate surface area is 85.3 Å². The van der Waals surface area contributed by atoms with Crippen molar-refractivity contribution in [2.45, 2.75) is 19.2 Å². The highest BCUT2D eigenvalue weighted by Crippen LogP contribution is 2.21. The lowest BCUT2D eigenvalue weighted by Crippen LogP contribution is -2.34. The Morgan fingerprint density at radius 1 is 1.27 bits per heavy atom. The van der Waals surface area contributed by atoms with Crippen molar-refractivity contribution in [2.24, 2.45) is 0 Å². The SMILES string of the molecule is Cc1ccc(OC[C@@H](O)C(F)(F)F)cc1. The van der Waals surface area contributed by atoms with Gasteiger partial charge in [-0.2, -0.15) is 13.2 Å². The van der Waals surface area contributed by atoms with Gasteiger partial charge in [0.2, 0.25) is 0 Å². The van der Waals surface area contributed by atoms with E-state index >= 15 is 0 Å². The van der Waals surface area contributed by atoms with Gasteiger partial charge in [-0.15, -0.1) is 0 Å². The molecule has 0 aliphatic carbocycles. The van der Waals surface area contributed by atoms with Crippen molar-refractivity contribution >= 4 is 0 Å². The van der Waals surface area contributed by atoms with Gasteiger partial charge in [-0.25, -0.2) is 0 Å². The highest BCUT2D eigenvalue weighted by Gasteiger charge is 2.38. The molecule has 0 unspecified atom stereocenters. The number of hydrogen-bond donors (Lipinski definition) is 1. The minimum atomic E-state index is -4.63. The van der Waals surface area contributed by atoms with Gasteiger partial charge >= 0.3 is 6.18 Å². The predicted octanol–water partition coefficient (Wildman–Crippen LogP) is 2.30. The van der Waals surface area contributed by atoms with Crippen LogP contribution in [0.25, 0.3) is 0 Å². The molecule has 0 fully saturated rings. The van der Waals surface area contributed by atoms with Crippen molar-refractivity contribution in [1.29, 1.82) is 0 Å². The number of halogens is 3. The van der Waals surface area contributed by atoms with Crippen molar-refractivity contribution in [3.05, 3.63) is 29.8 Å². The number of aryl methyl sites for hydroxylation is 1. The summed E-state index contributed by atoms with van der Waals surface area (Å²) in [5, 5.41) is 8.65. The highest BCUT2D eigenvalue weighted by atomic mass is 19.4. The van der Waals surface area contributed by atoms with E-state index in [0.29, 0.717) is 5.75 Å². The van der Waals surface area contributed by atoms with Gasteiger partial charge in [-0.1, -0.05) is 17.7 Å². The molecule has 2 nitrogen and oxygen atoms in total. The van der Waals surface area contributed by atoms with Gasteiger partial charge < -0.3 is 9.84 Å². The summed E-state index contributed by atoms with van der Waals surface area (Å²) < 4.78 is 40.4. The molecule has 5 heteroatoms. The zero-order chi connectivity index (χ0) is 11.5. The maximum absolute atomic E-state index is 11.9. The zero-order valence-electron chi connectivity index (χ0n) is 8.08. The van der Waals surface area contributed by atoms with Gasteiger partial charge in [0.1, 0.15) is 12.4 Å². The molecule has 15 heavy (non-hydrogen) atoms. The van der Waals surface area contributed by atoms with Crippen LogP contribution in [-0.2, 0) is 0 Å². The second-order valence-electron chi connectivity index (χ2n) is 3.18. The standard InChI is InChI=1S/C10H11F3O2/c1-7-2-4-8(5-3-7)15-6-9(14)10(11,12)13/h2-5,9,14H,6H2,1H3/t9-/m1/s1.